The van der Waals surface area contributed by atoms with Gasteiger partial charge in [0.15, 0.2) is 11.5 Å². The second-order valence-corrected chi connectivity index (χ2v) is 3.50. The molecule has 2 rings (SSSR count). The lowest BCUT2D eigenvalue weighted by atomic mass is 10.0. The van der Waals surface area contributed by atoms with Gasteiger partial charge < -0.3 is 14.6 Å². The largest absolute Gasteiger partial charge is 0.504 e. The van der Waals surface area contributed by atoms with Crippen molar-refractivity contribution in [2.75, 3.05) is 14.2 Å². The third kappa shape index (κ3) is 2.18. The first-order valence-corrected chi connectivity index (χ1v) is 5.18. The average Bonchev–Trinajstić information content (AvgIpc) is 2.38. The van der Waals surface area contributed by atoms with Gasteiger partial charge in [-0.2, -0.15) is 0 Å². The summed E-state index contributed by atoms with van der Waals surface area (Å²) in [5.74, 6) is 1.32. The lowest BCUT2D eigenvalue weighted by Gasteiger charge is -2.10. The van der Waals surface area contributed by atoms with Crippen molar-refractivity contribution >= 4 is 0 Å². The summed E-state index contributed by atoms with van der Waals surface area (Å²) < 4.78 is 10.3. The Balaban J connectivity index is 2.48. The summed E-state index contributed by atoms with van der Waals surface area (Å²) in [5, 5.41) is 9.68. The van der Waals surface area contributed by atoms with Gasteiger partial charge in [-0.3, -0.25) is 0 Å². The standard InChI is InChI=1S/C14H13O3/c1-16-11-8-6-10(7-9-11)12-4-3-5-13(15)14(12)17-2/h3,5-9,15H,1-2H3. The molecule has 0 amide bonds. The number of ether oxygens (including phenoxy) is 2. The number of rotatable bonds is 3. The van der Waals surface area contributed by atoms with Crippen LogP contribution in [0.3, 0.4) is 0 Å². The van der Waals surface area contributed by atoms with Gasteiger partial charge in [0, 0.05) is 5.56 Å². The van der Waals surface area contributed by atoms with E-state index in [0.29, 0.717) is 5.75 Å². The fraction of sp³-hybridized carbons (Fsp3) is 0.143. The van der Waals surface area contributed by atoms with E-state index in [4.69, 9.17) is 9.47 Å². The molecule has 17 heavy (non-hydrogen) atoms. The molecule has 87 valence electrons. The Morgan fingerprint density at radius 3 is 2.29 bits per heavy atom. The lowest BCUT2D eigenvalue weighted by molar-refractivity contribution is 0.375. The van der Waals surface area contributed by atoms with E-state index >= 15 is 0 Å². The molecule has 0 fully saturated rings. The Kier molecular flexibility index (Phi) is 3.19. The molecule has 3 nitrogen and oxygen atoms in total. The molecule has 2 aromatic carbocycles. The smallest absolute Gasteiger partial charge is 0.168 e. The first-order chi connectivity index (χ1) is 8.26. The van der Waals surface area contributed by atoms with E-state index in [9.17, 15) is 5.11 Å². The molecule has 0 saturated carbocycles. The third-order valence-corrected chi connectivity index (χ3v) is 2.51. The van der Waals surface area contributed by atoms with Gasteiger partial charge in [-0.15, -0.1) is 0 Å². The number of hydrogen-bond acceptors (Lipinski definition) is 3. The summed E-state index contributed by atoms with van der Waals surface area (Å²) in [6.45, 7) is 0. The van der Waals surface area contributed by atoms with Crippen molar-refractivity contribution in [1.29, 1.82) is 0 Å². The van der Waals surface area contributed by atoms with Crippen LogP contribution < -0.4 is 9.47 Å². The summed E-state index contributed by atoms with van der Waals surface area (Å²) in [6, 6.07) is 13.8. The monoisotopic (exact) mass is 229 g/mol. The van der Waals surface area contributed by atoms with Crippen molar-refractivity contribution in [3.05, 3.63) is 42.5 Å². The van der Waals surface area contributed by atoms with Crippen LogP contribution in [-0.2, 0) is 0 Å². The van der Waals surface area contributed by atoms with E-state index in [-0.39, 0.29) is 5.75 Å². The number of phenolic OH excluding ortho intramolecular Hbond substituents is 1. The third-order valence-electron chi connectivity index (χ3n) is 2.51. The highest BCUT2D eigenvalue weighted by molar-refractivity contribution is 5.73. The van der Waals surface area contributed by atoms with Crippen LogP contribution in [-0.4, -0.2) is 19.3 Å². The van der Waals surface area contributed by atoms with Crippen molar-refractivity contribution in [3.63, 3.8) is 0 Å². The van der Waals surface area contributed by atoms with Gasteiger partial charge in [0.25, 0.3) is 0 Å². The van der Waals surface area contributed by atoms with Crippen LogP contribution in [0.2, 0.25) is 0 Å². The van der Waals surface area contributed by atoms with Crippen LogP contribution in [0, 0.1) is 6.07 Å². The molecule has 0 unspecified atom stereocenters. The Hall–Kier alpha value is -2.16. The van der Waals surface area contributed by atoms with E-state index < -0.39 is 0 Å². The Morgan fingerprint density at radius 1 is 1.00 bits per heavy atom. The molecule has 0 heterocycles. The molecule has 0 aliphatic rings. The maximum atomic E-state index is 9.68. The van der Waals surface area contributed by atoms with E-state index in [0.717, 1.165) is 16.9 Å². The fourth-order valence-corrected chi connectivity index (χ4v) is 1.65. The summed E-state index contributed by atoms with van der Waals surface area (Å²) in [4.78, 5) is 0. The van der Waals surface area contributed by atoms with Gasteiger partial charge in [-0.1, -0.05) is 12.1 Å². The molecule has 0 aliphatic carbocycles. The maximum absolute atomic E-state index is 9.68. The molecule has 0 atom stereocenters. The van der Waals surface area contributed by atoms with Crippen LogP contribution in [0.1, 0.15) is 0 Å². The topological polar surface area (TPSA) is 38.7 Å². The summed E-state index contributed by atoms with van der Waals surface area (Å²) in [6.07, 6.45) is 0. The van der Waals surface area contributed by atoms with Crippen molar-refractivity contribution in [2.45, 2.75) is 0 Å². The SMILES string of the molecule is COc1ccc(-c2[c]ccc(O)c2OC)cc1. The van der Waals surface area contributed by atoms with Crippen molar-refractivity contribution in [2.24, 2.45) is 0 Å². The zero-order valence-electron chi connectivity index (χ0n) is 9.73. The van der Waals surface area contributed by atoms with Gasteiger partial charge in [0.05, 0.1) is 14.2 Å². The highest BCUT2D eigenvalue weighted by Gasteiger charge is 2.10. The normalized spacial score (nSPS) is 10.0. The van der Waals surface area contributed by atoms with Crippen LogP contribution >= 0.6 is 0 Å². The van der Waals surface area contributed by atoms with E-state index in [1.54, 1.807) is 19.2 Å². The molecular formula is C14H13O3. The van der Waals surface area contributed by atoms with E-state index in [1.807, 2.05) is 24.3 Å². The van der Waals surface area contributed by atoms with Crippen LogP contribution in [0.4, 0.5) is 0 Å². The van der Waals surface area contributed by atoms with Gasteiger partial charge in [-0.05, 0) is 35.9 Å². The van der Waals surface area contributed by atoms with Crippen molar-refractivity contribution in [3.8, 4) is 28.4 Å². The minimum Gasteiger partial charge on any atom is -0.504 e. The minimum atomic E-state index is 0.108. The summed E-state index contributed by atoms with van der Waals surface area (Å²) >= 11 is 0. The highest BCUT2D eigenvalue weighted by Crippen LogP contribution is 2.36. The molecule has 0 aromatic heterocycles. The molecule has 1 radical (unpaired) electrons. The molecule has 0 spiro atoms. The molecule has 1 N–H and O–H groups in total. The zero-order valence-corrected chi connectivity index (χ0v) is 9.73. The summed E-state index contributed by atoms with van der Waals surface area (Å²) in [5.41, 5.74) is 1.65. The fourth-order valence-electron chi connectivity index (χ4n) is 1.65. The first-order valence-electron chi connectivity index (χ1n) is 5.18. The van der Waals surface area contributed by atoms with Crippen LogP contribution in [0.15, 0.2) is 36.4 Å². The predicted molar refractivity (Wildman–Crippen MR) is 65.5 cm³/mol. The Labute approximate surface area is 100 Å². The summed E-state index contributed by atoms with van der Waals surface area (Å²) in [7, 11) is 3.14. The predicted octanol–water partition coefficient (Wildman–Crippen LogP) is 2.88. The van der Waals surface area contributed by atoms with Gasteiger partial charge in [0.2, 0.25) is 0 Å². The van der Waals surface area contributed by atoms with Gasteiger partial charge in [-0.25, -0.2) is 0 Å². The molecular weight excluding hydrogens is 216 g/mol. The lowest BCUT2D eigenvalue weighted by Crippen LogP contribution is -1.89. The Morgan fingerprint density at radius 2 is 1.71 bits per heavy atom. The van der Waals surface area contributed by atoms with Gasteiger partial charge >= 0.3 is 0 Å². The average molecular weight is 229 g/mol. The molecule has 3 heteroatoms. The quantitative estimate of drug-likeness (QED) is 0.879. The molecule has 0 bridgehead atoms. The van der Waals surface area contributed by atoms with E-state index in [1.165, 1.54) is 7.11 Å². The molecule has 0 aliphatic heterocycles. The first kappa shape index (κ1) is 11.3. The number of hydrogen-bond donors (Lipinski definition) is 1. The van der Waals surface area contributed by atoms with Crippen molar-refractivity contribution in [1.82, 2.24) is 0 Å². The zero-order chi connectivity index (χ0) is 12.3. The second kappa shape index (κ2) is 4.78. The number of phenols is 1. The highest BCUT2D eigenvalue weighted by atomic mass is 16.5. The van der Waals surface area contributed by atoms with Crippen LogP contribution in [0.25, 0.3) is 11.1 Å². The van der Waals surface area contributed by atoms with Crippen LogP contribution in [0.5, 0.6) is 17.2 Å². The second-order valence-electron chi connectivity index (χ2n) is 3.50. The van der Waals surface area contributed by atoms with E-state index in [2.05, 4.69) is 6.07 Å². The molecule has 0 saturated heterocycles. The van der Waals surface area contributed by atoms with Gasteiger partial charge in [0.1, 0.15) is 5.75 Å². The number of aromatic hydroxyl groups is 1. The Bertz CT molecular complexity index is 503. The molecule has 2 aromatic rings. The minimum absolute atomic E-state index is 0.108. The maximum Gasteiger partial charge on any atom is 0.168 e. The van der Waals surface area contributed by atoms with Crippen molar-refractivity contribution < 1.29 is 14.6 Å². The number of benzene rings is 2. The number of methoxy groups -OCH3 is 2.